The fraction of sp³-hybridized carbons (Fsp3) is 0.667. The van der Waals surface area contributed by atoms with Gasteiger partial charge in [0.25, 0.3) is 0 Å². The summed E-state index contributed by atoms with van der Waals surface area (Å²) >= 11 is 8.44. The van der Waals surface area contributed by atoms with E-state index in [1.165, 1.54) is 12.8 Å². The van der Waals surface area contributed by atoms with Crippen molar-refractivity contribution in [1.82, 2.24) is 9.97 Å². The highest BCUT2D eigenvalue weighted by atomic mass is 127. The first-order valence-corrected chi connectivity index (χ1v) is 7.49. The zero-order valence-corrected chi connectivity index (χ0v) is 12.5. The van der Waals surface area contributed by atoms with Gasteiger partial charge in [0.1, 0.15) is 11.3 Å². The molecule has 2 aliphatic rings. The van der Waals surface area contributed by atoms with Gasteiger partial charge < -0.3 is 4.74 Å². The molecule has 1 saturated heterocycles. The van der Waals surface area contributed by atoms with Gasteiger partial charge in [-0.3, -0.25) is 0 Å². The summed E-state index contributed by atoms with van der Waals surface area (Å²) in [7, 11) is 0. The molecule has 0 aromatic carbocycles. The smallest absolute Gasteiger partial charge is 0.159 e. The molecule has 1 saturated carbocycles. The second kappa shape index (κ2) is 4.63. The highest BCUT2D eigenvalue weighted by Crippen LogP contribution is 2.43. The Morgan fingerprint density at radius 2 is 2.00 bits per heavy atom. The molecule has 0 spiro atoms. The van der Waals surface area contributed by atoms with Crippen molar-refractivity contribution in [2.75, 3.05) is 0 Å². The number of aromatic nitrogens is 2. The number of nitrogens with zero attached hydrogens (tertiary/aromatic N) is 2. The quantitative estimate of drug-likeness (QED) is 0.590. The maximum atomic E-state index is 6.19. The van der Waals surface area contributed by atoms with E-state index in [9.17, 15) is 0 Å². The van der Waals surface area contributed by atoms with E-state index in [1.807, 2.05) is 0 Å². The molecule has 0 N–H and O–H groups in total. The molecule has 5 heteroatoms. The summed E-state index contributed by atoms with van der Waals surface area (Å²) in [6, 6.07) is 0. The highest BCUT2D eigenvalue weighted by molar-refractivity contribution is 14.1. The normalized spacial score (nSPS) is 28.6. The van der Waals surface area contributed by atoms with Gasteiger partial charge in [-0.25, -0.2) is 9.97 Å². The van der Waals surface area contributed by atoms with Gasteiger partial charge in [-0.2, -0.15) is 0 Å². The topological polar surface area (TPSA) is 35.0 Å². The minimum absolute atomic E-state index is 0.0389. The van der Waals surface area contributed by atoms with Crippen molar-refractivity contribution in [3.63, 3.8) is 0 Å². The molecule has 1 aliphatic heterocycles. The molecule has 3 nitrogen and oxygen atoms in total. The lowest BCUT2D eigenvalue weighted by Gasteiger charge is -2.12. The monoisotopic (exact) mass is 364 g/mol. The summed E-state index contributed by atoms with van der Waals surface area (Å²) in [6.07, 6.45) is 4.89. The number of hydrogen-bond acceptors (Lipinski definition) is 3. The van der Waals surface area contributed by atoms with Gasteiger partial charge in [0.15, 0.2) is 5.82 Å². The molecule has 0 bridgehead atoms. The summed E-state index contributed by atoms with van der Waals surface area (Å²) in [5, 5.41) is 0.584. The van der Waals surface area contributed by atoms with E-state index in [0.717, 1.165) is 27.9 Å². The molecule has 1 aromatic rings. The van der Waals surface area contributed by atoms with E-state index < -0.39 is 0 Å². The number of halogens is 2. The van der Waals surface area contributed by atoms with Crippen LogP contribution in [0.1, 0.15) is 56.1 Å². The zero-order chi connectivity index (χ0) is 12.0. The Balaban J connectivity index is 1.94. The molecule has 17 heavy (non-hydrogen) atoms. The molecule has 2 unspecified atom stereocenters. The van der Waals surface area contributed by atoms with Crippen LogP contribution in [0.3, 0.4) is 0 Å². The maximum absolute atomic E-state index is 6.19. The molecule has 1 aliphatic carbocycles. The van der Waals surface area contributed by atoms with Crippen molar-refractivity contribution < 1.29 is 4.74 Å². The Morgan fingerprint density at radius 1 is 1.24 bits per heavy atom. The lowest BCUT2D eigenvalue weighted by Crippen LogP contribution is -2.09. The summed E-state index contributed by atoms with van der Waals surface area (Å²) in [5.41, 5.74) is 1.13. The van der Waals surface area contributed by atoms with Crippen LogP contribution in [0.5, 0.6) is 0 Å². The second-order valence-corrected chi connectivity index (χ2v) is 6.30. The van der Waals surface area contributed by atoms with Gasteiger partial charge >= 0.3 is 0 Å². The predicted octanol–water partition coefficient (Wildman–Crippen LogP) is 3.85. The Bertz CT molecular complexity index is 450. The number of hydrogen-bond donors (Lipinski definition) is 0. The Labute approximate surface area is 119 Å². The third-order valence-electron chi connectivity index (χ3n) is 3.34. The van der Waals surface area contributed by atoms with Crippen molar-refractivity contribution in [3.05, 3.63) is 20.2 Å². The summed E-state index contributed by atoms with van der Waals surface area (Å²) in [5.74, 6) is 1.38. The molecule has 3 rings (SSSR count). The predicted molar refractivity (Wildman–Crippen MR) is 74.3 cm³/mol. The van der Waals surface area contributed by atoms with Gasteiger partial charge in [0, 0.05) is 5.92 Å². The number of ether oxygens (including phenoxy) is 1. The van der Waals surface area contributed by atoms with Gasteiger partial charge in [0.2, 0.25) is 0 Å². The average molecular weight is 365 g/mol. The summed E-state index contributed by atoms with van der Waals surface area (Å²) in [6.45, 7) is 2.09. The van der Waals surface area contributed by atoms with Crippen LogP contribution < -0.4 is 0 Å². The van der Waals surface area contributed by atoms with E-state index >= 15 is 0 Å². The third kappa shape index (κ3) is 2.44. The fourth-order valence-electron chi connectivity index (χ4n) is 2.22. The first-order valence-electron chi connectivity index (χ1n) is 6.03. The van der Waals surface area contributed by atoms with Crippen molar-refractivity contribution >= 4 is 34.2 Å². The molecular weight excluding hydrogens is 351 g/mol. The van der Waals surface area contributed by atoms with Crippen LogP contribution in [0, 0.1) is 3.57 Å². The van der Waals surface area contributed by atoms with Crippen molar-refractivity contribution in [2.45, 2.75) is 50.7 Å². The lowest BCUT2D eigenvalue weighted by atomic mass is 10.2. The first-order chi connectivity index (χ1) is 8.15. The van der Waals surface area contributed by atoms with Gasteiger partial charge in [0.05, 0.1) is 15.4 Å². The first kappa shape index (κ1) is 12.1. The minimum atomic E-state index is 0.0389. The summed E-state index contributed by atoms with van der Waals surface area (Å²) in [4.78, 5) is 9.07. The Hall–Kier alpha value is 0.0600. The molecule has 0 radical (unpaired) electrons. The lowest BCUT2D eigenvalue weighted by molar-refractivity contribution is 0.0501. The van der Waals surface area contributed by atoms with Crippen molar-refractivity contribution in [3.8, 4) is 0 Å². The van der Waals surface area contributed by atoms with Gasteiger partial charge in [-0.1, -0.05) is 11.6 Å². The molecular formula is C12H14ClIN2O. The molecule has 0 amide bonds. The Morgan fingerprint density at radius 3 is 2.59 bits per heavy atom. The second-order valence-electron chi connectivity index (χ2n) is 4.86. The van der Waals surface area contributed by atoms with E-state index in [-0.39, 0.29) is 6.10 Å². The van der Waals surface area contributed by atoms with E-state index in [0.29, 0.717) is 17.2 Å². The van der Waals surface area contributed by atoms with Crippen molar-refractivity contribution in [2.24, 2.45) is 0 Å². The molecule has 2 fully saturated rings. The van der Waals surface area contributed by atoms with Crippen LogP contribution in [0.25, 0.3) is 0 Å². The highest BCUT2D eigenvalue weighted by Gasteiger charge is 2.32. The molecule has 2 atom stereocenters. The van der Waals surface area contributed by atoms with E-state index in [2.05, 4.69) is 39.5 Å². The van der Waals surface area contributed by atoms with Crippen LogP contribution in [-0.2, 0) is 4.74 Å². The minimum Gasteiger partial charge on any atom is -0.367 e. The van der Waals surface area contributed by atoms with Crippen LogP contribution in [0.4, 0.5) is 0 Å². The number of rotatable bonds is 2. The summed E-state index contributed by atoms with van der Waals surface area (Å²) < 4.78 is 6.83. The zero-order valence-electron chi connectivity index (χ0n) is 9.62. The van der Waals surface area contributed by atoms with Gasteiger partial charge in [-0.05, 0) is 55.2 Å². The molecule has 1 aromatic heterocycles. The van der Waals surface area contributed by atoms with Crippen LogP contribution in [-0.4, -0.2) is 16.1 Å². The average Bonchev–Trinajstić information content (AvgIpc) is 3.05. The van der Waals surface area contributed by atoms with Crippen LogP contribution >= 0.6 is 34.2 Å². The fourth-order valence-corrected chi connectivity index (χ4v) is 3.08. The van der Waals surface area contributed by atoms with E-state index in [1.54, 1.807) is 0 Å². The van der Waals surface area contributed by atoms with Gasteiger partial charge in [-0.15, -0.1) is 0 Å². The van der Waals surface area contributed by atoms with Crippen LogP contribution in [0.2, 0.25) is 5.15 Å². The Kier molecular flexibility index (Phi) is 3.30. The van der Waals surface area contributed by atoms with Crippen LogP contribution in [0.15, 0.2) is 0 Å². The standard InChI is InChI=1S/C12H14ClIN2O/c1-6-2-5-8(17-6)12-15-10(7-3-4-7)9(14)11(13)16-12/h6-8H,2-5H2,1H3. The van der Waals surface area contributed by atoms with Crippen molar-refractivity contribution in [1.29, 1.82) is 0 Å². The molecule has 92 valence electrons. The SMILES string of the molecule is CC1CCC(c2nc(Cl)c(I)c(C3CC3)n2)O1. The maximum Gasteiger partial charge on any atom is 0.159 e. The van der Waals surface area contributed by atoms with E-state index in [4.69, 9.17) is 16.3 Å². The third-order valence-corrected chi connectivity index (χ3v) is 4.99. The molecule has 2 heterocycles. The largest absolute Gasteiger partial charge is 0.367 e.